The van der Waals surface area contributed by atoms with Crippen LogP contribution in [-0.2, 0) is 56.7 Å². The number of likely N-dealkylation sites (N-methyl/N-ethyl adjacent to an activating group) is 1. The topological polar surface area (TPSA) is 92.6 Å². The van der Waals surface area contributed by atoms with Gasteiger partial charge in [-0.05, 0) is 122 Å². The standard InChI is InChI=1S/C50H56N6O4/c1-34-26-37-8-4-5-9-39(37)33-56(34)50(60)44-29-40-32-54(48(58)27-35-11-13-36(14-12-35)31-53-24-22-51(2)23-25-53)21-19-38(40)28-43(44)47-30-45(46-10-6-7-20-55(46)47)49(59)52(3)41-15-17-42(57)18-16-41/h4-5,8-9,11-18,28-30,34,57H,6-7,10,19-27,31-33H2,1-3H3/t34-/m1/s1. The summed E-state index contributed by atoms with van der Waals surface area (Å²) < 4.78 is 2.27. The summed E-state index contributed by atoms with van der Waals surface area (Å²) in [5, 5.41) is 9.89. The number of phenols is 1. The van der Waals surface area contributed by atoms with Crippen molar-refractivity contribution in [3.8, 4) is 17.0 Å². The van der Waals surface area contributed by atoms with Crippen molar-refractivity contribution in [3.05, 3.63) is 141 Å². The van der Waals surface area contributed by atoms with Crippen LogP contribution in [0.15, 0.2) is 91.0 Å². The maximum Gasteiger partial charge on any atom is 0.259 e. The molecule has 1 atom stereocenters. The summed E-state index contributed by atoms with van der Waals surface area (Å²) in [4.78, 5) is 53.7. The molecule has 3 amide bonds. The molecule has 10 heteroatoms. The van der Waals surface area contributed by atoms with Gasteiger partial charge in [-0.2, -0.15) is 0 Å². The van der Waals surface area contributed by atoms with Crippen molar-refractivity contribution in [1.29, 1.82) is 0 Å². The lowest BCUT2D eigenvalue weighted by Gasteiger charge is -2.36. The van der Waals surface area contributed by atoms with E-state index >= 15 is 4.79 Å². The summed E-state index contributed by atoms with van der Waals surface area (Å²) in [6.45, 7) is 9.71. The molecule has 1 N–H and O–H groups in total. The van der Waals surface area contributed by atoms with Gasteiger partial charge in [0.1, 0.15) is 5.75 Å². The highest BCUT2D eigenvalue weighted by Gasteiger charge is 2.33. The summed E-state index contributed by atoms with van der Waals surface area (Å²) in [7, 11) is 3.94. The minimum absolute atomic E-state index is 0.000341. The van der Waals surface area contributed by atoms with Crippen LogP contribution in [0.4, 0.5) is 5.69 Å². The molecule has 5 heterocycles. The SMILES string of the molecule is C[C@@H]1Cc2ccccc2CN1C(=O)c1cc2c(cc1-c1cc(C(=O)N(C)c3ccc(O)cc3)c3n1CCCC3)CCN(C(=O)Cc1ccc(CN3CCN(C)CC3)cc1)C2. The molecule has 4 aromatic carbocycles. The molecular weight excluding hydrogens is 749 g/mol. The highest BCUT2D eigenvalue weighted by molar-refractivity contribution is 6.08. The second-order valence-electron chi connectivity index (χ2n) is 17.4. The number of carbonyl (C=O) groups is 3. The van der Waals surface area contributed by atoms with Crippen LogP contribution in [0.2, 0.25) is 0 Å². The maximum atomic E-state index is 15.1. The number of hydrogen-bond acceptors (Lipinski definition) is 6. The average Bonchev–Trinajstić information content (AvgIpc) is 3.66. The van der Waals surface area contributed by atoms with E-state index in [2.05, 4.69) is 82.9 Å². The summed E-state index contributed by atoms with van der Waals surface area (Å²) >= 11 is 0. The highest BCUT2D eigenvalue weighted by atomic mass is 16.3. The Hall–Kier alpha value is -5.71. The van der Waals surface area contributed by atoms with Gasteiger partial charge >= 0.3 is 0 Å². The van der Waals surface area contributed by atoms with E-state index in [0.717, 1.165) is 104 Å². The van der Waals surface area contributed by atoms with Gasteiger partial charge < -0.3 is 29.3 Å². The molecular formula is C50H56N6O4. The highest BCUT2D eigenvalue weighted by Crippen LogP contribution is 2.38. The number of rotatable bonds is 8. The average molecular weight is 805 g/mol. The molecule has 9 rings (SSSR count). The Labute approximate surface area is 353 Å². The first-order valence-electron chi connectivity index (χ1n) is 21.7. The fourth-order valence-corrected chi connectivity index (χ4v) is 9.69. The number of benzene rings is 4. The Balaban J connectivity index is 1.02. The molecule has 0 aliphatic carbocycles. The molecule has 0 saturated carbocycles. The molecule has 310 valence electrons. The Bertz CT molecular complexity index is 2410. The molecule has 4 aliphatic rings. The quantitative estimate of drug-likeness (QED) is 0.183. The van der Waals surface area contributed by atoms with Gasteiger partial charge in [0.15, 0.2) is 0 Å². The van der Waals surface area contributed by atoms with E-state index in [4.69, 9.17) is 0 Å². The van der Waals surface area contributed by atoms with Crippen LogP contribution in [0.3, 0.4) is 0 Å². The number of nitrogens with zero attached hydrogens (tertiary/aromatic N) is 6. The first kappa shape index (κ1) is 39.7. The number of phenolic OH excluding ortho intramolecular Hbond substituents is 1. The molecule has 1 fully saturated rings. The van der Waals surface area contributed by atoms with Crippen molar-refractivity contribution in [1.82, 2.24) is 24.2 Å². The minimum atomic E-state index is -0.122. The van der Waals surface area contributed by atoms with Gasteiger partial charge in [-0.25, -0.2) is 0 Å². The number of piperazine rings is 1. The molecule has 0 radical (unpaired) electrons. The first-order chi connectivity index (χ1) is 29.1. The van der Waals surface area contributed by atoms with Gasteiger partial charge in [0, 0.05) is 100 Å². The zero-order chi connectivity index (χ0) is 41.5. The Morgan fingerprint density at radius 3 is 2.23 bits per heavy atom. The van der Waals surface area contributed by atoms with Crippen molar-refractivity contribution < 1.29 is 19.5 Å². The summed E-state index contributed by atoms with van der Waals surface area (Å²) in [5.74, 6) is 0.0831. The molecule has 0 bridgehead atoms. The van der Waals surface area contributed by atoms with Gasteiger partial charge in [0.2, 0.25) is 5.91 Å². The smallest absolute Gasteiger partial charge is 0.259 e. The number of aromatic nitrogens is 1. The van der Waals surface area contributed by atoms with E-state index in [1.807, 2.05) is 21.9 Å². The number of hydrogen-bond donors (Lipinski definition) is 1. The molecule has 10 nitrogen and oxygen atoms in total. The van der Waals surface area contributed by atoms with Crippen molar-refractivity contribution in [2.45, 2.75) is 77.7 Å². The van der Waals surface area contributed by atoms with E-state index < -0.39 is 0 Å². The molecule has 4 aliphatic heterocycles. The Morgan fingerprint density at radius 2 is 1.47 bits per heavy atom. The van der Waals surface area contributed by atoms with Crippen molar-refractivity contribution >= 4 is 23.4 Å². The third-order valence-corrected chi connectivity index (χ3v) is 13.4. The van der Waals surface area contributed by atoms with Crippen LogP contribution < -0.4 is 4.90 Å². The van der Waals surface area contributed by atoms with Crippen molar-refractivity contribution in [3.63, 3.8) is 0 Å². The lowest BCUT2D eigenvalue weighted by molar-refractivity contribution is -0.131. The lowest BCUT2D eigenvalue weighted by atomic mass is 9.89. The van der Waals surface area contributed by atoms with E-state index in [0.29, 0.717) is 49.3 Å². The molecule has 0 unspecified atom stereocenters. The summed E-state index contributed by atoms with van der Waals surface area (Å²) in [6, 6.07) is 29.8. The third kappa shape index (κ3) is 7.98. The van der Waals surface area contributed by atoms with Crippen LogP contribution in [0.25, 0.3) is 11.3 Å². The molecule has 1 aromatic heterocycles. The van der Waals surface area contributed by atoms with Gasteiger partial charge in [-0.3, -0.25) is 19.3 Å². The second kappa shape index (κ2) is 16.7. The lowest BCUT2D eigenvalue weighted by Crippen LogP contribution is -2.43. The normalized spacial score (nSPS) is 18.1. The molecule has 5 aromatic rings. The van der Waals surface area contributed by atoms with Gasteiger partial charge in [-0.1, -0.05) is 48.5 Å². The number of amides is 3. The minimum Gasteiger partial charge on any atom is -0.508 e. The van der Waals surface area contributed by atoms with Crippen LogP contribution in [0, 0.1) is 0 Å². The molecule has 0 spiro atoms. The van der Waals surface area contributed by atoms with Gasteiger partial charge in [-0.15, -0.1) is 0 Å². The van der Waals surface area contributed by atoms with Crippen molar-refractivity contribution in [2.75, 3.05) is 51.7 Å². The zero-order valence-electron chi connectivity index (χ0n) is 35.2. The number of aromatic hydroxyl groups is 1. The Kier molecular flexibility index (Phi) is 11.1. The maximum absolute atomic E-state index is 15.1. The van der Waals surface area contributed by atoms with Gasteiger partial charge in [0.25, 0.3) is 11.8 Å². The summed E-state index contributed by atoms with van der Waals surface area (Å²) in [5.41, 5.74) is 11.5. The molecule has 1 saturated heterocycles. The molecule has 60 heavy (non-hydrogen) atoms. The van der Waals surface area contributed by atoms with Crippen LogP contribution in [0.1, 0.15) is 79.6 Å². The number of anilines is 1. The number of fused-ring (bicyclic) bond motifs is 3. The van der Waals surface area contributed by atoms with Crippen LogP contribution >= 0.6 is 0 Å². The predicted molar refractivity (Wildman–Crippen MR) is 235 cm³/mol. The van der Waals surface area contributed by atoms with Gasteiger partial charge in [0.05, 0.1) is 12.0 Å². The fraction of sp³-hybridized carbons (Fsp3) is 0.380. The fourth-order valence-electron chi connectivity index (χ4n) is 9.69. The zero-order valence-corrected chi connectivity index (χ0v) is 35.2. The van der Waals surface area contributed by atoms with E-state index in [9.17, 15) is 14.7 Å². The summed E-state index contributed by atoms with van der Waals surface area (Å²) in [6.07, 6.45) is 4.55. The Morgan fingerprint density at radius 1 is 0.733 bits per heavy atom. The van der Waals surface area contributed by atoms with E-state index in [1.165, 1.54) is 11.1 Å². The predicted octanol–water partition coefficient (Wildman–Crippen LogP) is 6.94. The second-order valence-corrected chi connectivity index (χ2v) is 17.4. The van der Waals surface area contributed by atoms with Crippen LogP contribution in [0.5, 0.6) is 5.75 Å². The van der Waals surface area contributed by atoms with E-state index in [-0.39, 0.29) is 29.5 Å². The monoisotopic (exact) mass is 804 g/mol. The third-order valence-electron chi connectivity index (χ3n) is 13.4. The largest absolute Gasteiger partial charge is 0.508 e. The van der Waals surface area contributed by atoms with E-state index in [1.54, 1.807) is 36.2 Å². The van der Waals surface area contributed by atoms with Crippen LogP contribution in [-0.4, -0.2) is 99.9 Å². The first-order valence-corrected chi connectivity index (χ1v) is 21.7. The van der Waals surface area contributed by atoms with Crippen molar-refractivity contribution in [2.24, 2.45) is 0 Å². The number of carbonyl (C=O) groups excluding carboxylic acids is 3.